The predicted octanol–water partition coefficient (Wildman–Crippen LogP) is 0.403. The van der Waals surface area contributed by atoms with Crippen molar-refractivity contribution >= 4 is 16.9 Å². The molecule has 3 heterocycles. The zero-order valence-corrected chi connectivity index (χ0v) is 10.0. The van der Waals surface area contributed by atoms with Crippen LogP contribution in [-0.4, -0.2) is 53.0 Å². The quantitative estimate of drug-likeness (QED) is 0.805. The van der Waals surface area contributed by atoms with Crippen molar-refractivity contribution in [1.82, 2.24) is 15.0 Å². The van der Waals surface area contributed by atoms with Gasteiger partial charge in [0.1, 0.15) is 17.8 Å². The molecule has 0 saturated carbocycles. The van der Waals surface area contributed by atoms with Crippen molar-refractivity contribution in [3.8, 4) is 0 Å². The summed E-state index contributed by atoms with van der Waals surface area (Å²) in [4.78, 5) is 13.8. The smallest absolute Gasteiger partial charge is 0.142 e. The van der Waals surface area contributed by atoms with Crippen LogP contribution < -0.4 is 4.90 Å². The number of hydrogen-bond donors (Lipinski definition) is 2. The average molecular weight is 248 g/mol. The summed E-state index contributed by atoms with van der Waals surface area (Å²) < 4.78 is 5.49. The molecule has 1 saturated heterocycles. The van der Waals surface area contributed by atoms with Crippen LogP contribution in [0.2, 0.25) is 0 Å². The van der Waals surface area contributed by atoms with E-state index in [0.29, 0.717) is 13.2 Å². The minimum atomic E-state index is 0.136. The second-order valence-corrected chi connectivity index (χ2v) is 4.51. The Kier molecular flexibility index (Phi) is 3.12. The third-order valence-electron chi connectivity index (χ3n) is 3.23. The molecule has 1 unspecified atom stereocenters. The molecule has 1 fully saturated rings. The number of hydrogen-bond acceptors (Lipinski definition) is 5. The number of rotatable bonds is 2. The van der Waals surface area contributed by atoms with Crippen molar-refractivity contribution in [1.29, 1.82) is 0 Å². The van der Waals surface area contributed by atoms with Gasteiger partial charge in [0.25, 0.3) is 0 Å². The Morgan fingerprint density at radius 1 is 1.50 bits per heavy atom. The SMILES string of the molecule is OCC1COCCN(c2ncnc3[nH]ccc23)C1. The van der Waals surface area contributed by atoms with E-state index in [1.165, 1.54) is 0 Å². The molecule has 2 aromatic rings. The van der Waals surface area contributed by atoms with E-state index in [2.05, 4.69) is 19.9 Å². The van der Waals surface area contributed by atoms with Crippen LogP contribution in [0.25, 0.3) is 11.0 Å². The van der Waals surface area contributed by atoms with E-state index in [0.717, 1.165) is 29.9 Å². The van der Waals surface area contributed by atoms with Gasteiger partial charge >= 0.3 is 0 Å². The summed E-state index contributed by atoms with van der Waals surface area (Å²) >= 11 is 0. The summed E-state index contributed by atoms with van der Waals surface area (Å²) in [6.45, 7) is 2.94. The maximum atomic E-state index is 9.31. The van der Waals surface area contributed by atoms with E-state index in [1.807, 2.05) is 12.3 Å². The zero-order valence-electron chi connectivity index (χ0n) is 10.0. The molecule has 0 amide bonds. The summed E-state index contributed by atoms with van der Waals surface area (Å²) in [6.07, 6.45) is 3.43. The van der Waals surface area contributed by atoms with E-state index < -0.39 is 0 Å². The first kappa shape index (κ1) is 11.4. The van der Waals surface area contributed by atoms with Crippen LogP contribution in [0.5, 0.6) is 0 Å². The Bertz CT molecular complexity index is 528. The maximum Gasteiger partial charge on any atom is 0.142 e. The van der Waals surface area contributed by atoms with E-state index in [1.54, 1.807) is 6.33 Å². The maximum absolute atomic E-state index is 9.31. The summed E-state index contributed by atoms with van der Waals surface area (Å²) in [6, 6.07) is 1.98. The molecule has 3 rings (SSSR count). The monoisotopic (exact) mass is 248 g/mol. The van der Waals surface area contributed by atoms with Gasteiger partial charge < -0.3 is 19.7 Å². The number of ether oxygens (including phenoxy) is 1. The van der Waals surface area contributed by atoms with Crippen molar-refractivity contribution in [2.75, 3.05) is 37.8 Å². The molecule has 1 atom stereocenters. The van der Waals surface area contributed by atoms with Crippen LogP contribution in [0.15, 0.2) is 18.6 Å². The first-order chi connectivity index (χ1) is 8.88. The third kappa shape index (κ3) is 2.04. The minimum absolute atomic E-state index is 0.136. The zero-order chi connectivity index (χ0) is 12.4. The number of H-pyrrole nitrogens is 1. The molecule has 0 spiro atoms. The van der Waals surface area contributed by atoms with Gasteiger partial charge in [0.2, 0.25) is 0 Å². The summed E-state index contributed by atoms with van der Waals surface area (Å²) in [5, 5.41) is 10.3. The number of aromatic nitrogens is 3. The summed E-state index contributed by atoms with van der Waals surface area (Å²) in [5.74, 6) is 1.04. The van der Waals surface area contributed by atoms with E-state index in [-0.39, 0.29) is 12.5 Å². The number of nitrogens with one attached hydrogen (secondary N) is 1. The Morgan fingerprint density at radius 3 is 3.33 bits per heavy atom. The molecule has 1 aliphatic heterocycles. The Balaban J connectivity index is 1.94. The van der Waals surface area contributed by atoms with Gasteiger partial charge in [0.15, 0.2) is 0 Å². The molecule has 0 aliphatic carbocycles. The fraction of sp³-hybridized carbons (Fsp3) is 0.500. The number of aliphatic hydroxyl groups is 1. The molecule has 2 aromatic heterocycles. The highest BCUT2D eigenvalue weighted by atomic mass is 16.5. The molecule has 0 bridgehead atoms. The van der Waals surface area contributed by atoms with Crippen LogP contribution in [0.1, 0.15) is 0 Å². The van der Waals surface area contributed by atoms with Gasteiger partial charge in [-0.15, -0.1) is 0 Å². The second-order valence-electron chi connectivity index (χ2n) is 4.51. The number of fused-ring (bicyclic) bond motifs is 1. The molecule has 1 aliphatic rings. The lowest BCUT2D eigenvalue weighted by Gasteiger charge is -2.23. The number of anilines is 1. The van der Waals surface area contributed by atoms with E-state index in [9.17, 15) is 5.11 Å². The van der Waals surface area contributed by atoms with Gasteiger partial charge in [0.05, 0.1) is 18.6 Å². The van der Waals surface area contributed by atoms with Crippen molar-refractivity contribution in [2.24, 2.45) is 5.92 Å². The van der Waals surface area contributed by atoms with Crippen LogP contribution in [0.3, 0.4) is 0 Å². The minimum Gasteiger partial charge on any atom is -0.396 e. The predicted molar refractivity (Wildman–Crippen MR) is 67.5 cm³/mol. The lowest BCUT2D eigenvalue weighted by atomic mass is 10.1. The first-order valence-corrected chi connectivity index (χ1v) is 6.10. The Morgan fingerprint density at radius 2 is 2.44 bits per heavy atom. The van der Waals surface area contributed by atoms with Crippen molar-refractivity contribution in [2.45, 2.75) is 0 Å². The van der Waals surface area contributed by atoms with E-state index >= 15 is 0 Å². The lowest BCUT2D eigenvalue weighted by Crippen LogP contribution is -2.32. The largest absolute Gasteiger partial charge is 0.396 e. The lowest BCUT2D eigenvalue weighted by molar-refractivity contribution is 0.0959. The second kappa shape index (κ2) is 4.91. The van der Waals surface area contributed by atoms with Crippen LogP contribution in [0.4, 0.5) is 5.82 Å². The van der Waals surface area contributed by atoms with Gasteiger partial charge in [-0.05, 0) is 6.07 Å². The highest BCUT2D eigenvalue weighted by Crippen LogP contribution is 2.23. The fourth-order valence-corrected chi connectivity index (χ4v) is 2.29. The molecule has 2 N–H and O–H groups in total. The van der Waals surface area contributed by atoms with Gasteiger partial charge in [-0.3, -0.25) is 0 Å². The van der Waals surface area contributed by atoms with Crippen LogP contribution >= 0.6 is 0 Å². The highest BCUT2D eigenvalue weighted by Gasteiger charge is 2.20. The highest BCUT2D eigenvalue weighted by molar-refractivity contribution is 5.87. The van der Waals surface area contributed by atoms with Gasteiger partial charge in [-0.2, -0.15) is 0 Å². The number of nitrogens with zero attached hydrogens (tertiary/aromatic N) is 3. The van der Waals surface area contributed by atoms with E-state index in [4.69, 9.17) is 4.74 Å². The Labute approximate surface area is 105 Å². The van der Waals surface area contributed by atoms with Gasteiger partial charge in [0, 0.05) is 31.8 Å². The summed E-state index contributed by atoms with van der Waals surface area (Å²) in [5.41, 5.74) is 0.839. The Hall–Kier alpha value is -1.66. The first-order valence-electron chi connectivity index (χ1n) is 6.10. The van der Waals surface area contributed by atoms with Crippen LogP contribution in [-0.2, 0) is 4.74 Å². The fourth-order valence-electron chi connectivity index (χ4n) is 2.29. The van der Waals surface area contributed by atoms with Crippen molar-refractivity contribution in [3.05, 3.63) is 18.6 Å². The molecular formula is C12H16N4O2. The molecule has 0 aromatic carbocycles. The topological polar surface area (TPSA) is 74.3 Å². The molecule has 6 heteroatoms. The van der Waals surface area contributed by atoms with Crippen molar-refractivity contribution in [3.63, 3.8) is 0 Å². The van der Waals surface area contributed by atoms with Crippen LogP contribution in [0, 0.1) is 5.92 Å². The van der Waals surface area contributed by atoms with Crippen molar-refractivity contribution < 1.29 is 9.84 Å². The molecule has 6 nitrogen and oxygen atoms in total. The molecule has 0 radical (unpaired) electrons. The molecule has 96 valence electrons. The standard InChI is InChI=1S/C12H16N4O2/c17-6-9-5-16(3-4-18-7-9)12-10-1-2-13-11(10)14-8-15-12/h1-2,8-9,17H,3-7H2,(H,13,14,15). The van der Waals surface area contributed by atoms with Gasteiger partial charge in [-0.25, -0.2) is 9.97 Å². The number of aliphatic hydroxyl groups excluding tert-OH is 1. The third-order valence-corrected chi connectivity index (χ3v) is 3.23. The average Bonchev–Trinajstić information content (AvgIpc) is 2.75. The number of aromatic amines is 1. The molecule has 18 heavy (non-hydrogen) atoms. The normalized spacial score (nSPS) is 21.2. The molecular weight excluding hydrogens is 232 g/mol. The summed E-state index contributed by atoms with van der Waals surface area (Å²) in [7, 11) is 0. The van der Waals surface area contributed by atoms with Gasteiger partial charge in [-0.1, -0.05) is 0 Å².